The van der Waals surface area contributed by atoms with Crippen LogP contribution in [0.5, 0.6) is 0 Å². The average Bonchev–Trinajstić information content (AvgIpc) is 4.14. The Morgan fingerprint density at radius 2 is 1.19 bits per heavy atom. The Hall–Kier alpha value is -6.87. The number of amides is 8. The minimum atomic E-state index is -5.11. The summed E-state index contributed by atoms with van der Waals surface area (Å²) in [6.45, 7) is 3.60. The van der Waals surface area contributed by atoms with Gasteiger partial charge < -0.3 is 51.9 Å². The van der Waals surface area contributed by atoms with Crippen LogP contribution in [-0.2, 0) is 41.6 Å². The Kier molecular flexibility index (Phi) is 22.0. The van der Waals surface area contributed by atoms with Crippen molar-refractivity contribution in [2.24, 2.45) is 0 Å². The number of likely N-dealkylation sites (N-methyl/N-ethyl adjacent to an activating group) is 2. The standard InChI is InChI=1S/C56H75F3N10O8/c1-36(60-3)48(70)65-45(53(75)68-32-13-19-42(68)35-67(55(77)56(57,58)59)34-29-38-15-6-5-7-16-38)22-11-30-62-50(72)40-25-27-41(28-26-40)51(73)63-31-12-23-46(66-49(71)37(2)61-4)54(76)69-33-14-24-47(69)52(74)64-44-21-10-18-39-17-8-9-20-43(39)44/h5-9,15-17,20,25-28,36-37,42,44-47,60-61H,10-14,18-19,21-24,29-35H2,1-4H3,(H,62,72)(H,63,73)(H,64,74)(H,65,70)(H,66,71)/t36-,37-,42-,44+,45?,46-,47-/m0/s1. The van der Waals surface area contributed by atoms with Crippen LogP contribution in [0, 0.1) is 0 Å². The molecule has 3 aromatic rings. The molecule has 18 nitrogen and oxygen atoms in total. The van der Waals surface area contributed by atoms with Crippen molar-refractivity contribution >= 4 is 47.3 Å². The number of aryl methyl sites for hydroxylation is 1. The molecule has 8 amide bonds. The number of carbonyl (C=O) groups is 8. The van der Waals surface area contributed by atoms with Crippen molar-refractivity contribution in [3.63, 3.8) is 0 Å². The van der Waals surface area contributed by atoms with Gasteiger partial charge in [0, 0.05) is 56.4 Å². The lowest BCUT2D eigenvalue weighted by Gasteiger charge is -2.33. The van der Waals surface area contributed by atoms with Gasteiger partial charge in [-0.1, -0.05) is 54.6 Å². The molecule has 1 aliphatic carbocycles. The quantitative estimate of drug-likeness (QED) is 0.0609. The Morgan fingerprint density at radius 3 is 1.77 bits per heavy atom. The summed E-state index contributed by atoms with van der Waals surface area (Å²) in [5.41, 5.74) is 3.58. The molecule has 0 saturated carbocycles. The van der Waals surface area contributed by atoms with Crippen LogP contribution in [0.25, 0.3) is 0 Å². The first-order valence-electron chi connectivity index (χ1n) is 26.9. The van der Waals surface area contributed by atoms with E-state index in [4.69, 9.17) is 0 Å². The van der Waals surface area contributed by atoms with Gasteiger partial charge in [-0.05, 0) is 146 Å². The Bertz CT molecular complexity index is 2520. The summed E-state index contributed by atoms with van der Waals surface area (Å²) in [4.78, 5) is 111. The third-order valence-electron chi connectivity index (χ3n) is 14.9. The number of nitrogens with one attached hydrogen (secondary N) is 7. The molecule has 2 saturated heterocycles. The van der Waals surface area contributed by atoms with Crippen LogP contribution in [0.4, 0.5) is 13.2 Å². The van der Waals surface area contributed by atoms with Gasteiger partial charge in [0.25, 0.3) is 11.8 Å². The zero-order valence-corrected chi connectivity index (χ0v) is 44.5. The topological polar surface area (TPSA) is 230 Å². The molecule has 0 radical (unpaired) electrons. The molecule has 6 rings (SSSR count). The van der Waals surface area contributed by atoms with E-state index >= 15 is 0 Å². The highest BCUT2D eigenvalue weighted by Crippen LogP contribution is 2.31. The lowest BCUT2D eigenvalue weighted by atomic mass is 9.87. The van der Waals surface area contributed by atoms with E-state index in [0.717, 1.165) is 35.3 Å². The molecule has 0 aromatic heterocycles. The number of benzene rings is 3. The molecule has 7 N–H and O–H groups in total. The van der Waals surface area contributed by atoms with Gasteiger partial charge in [-0.2, -0.15) is 13.2 Å². The summed E-state index contributed by atoms with van der Waals surface area (Å²) in [5, 5.41) is 20.2. The van der Waals surface area contributed by atoms with Crippen LogP contribution in [0.2, 0.25) is 0 Å². The smallest absolute Gasteiger partial charge is 0.352 e. The van der Waals surface area contributed by atoms with E-state index in [1.54, 1.807) is 63.2 Å². The summed E-state index contributed by atoms with van der Waals surface area (Å²) < 4.78 is 41.4. The third-order valence-corrected chi connectivity index (χ3v) is 14.9. The first kappa shape index (κ1) is 59.4. The van der Waals surface area contributed by atoms with Crippen molar-refractivity contribution in [3.05, 3.63) is 107 Å². The van der Waals surface area contributed by atoms with Crippen LogP contribution in [0.15, 0.2) is 78.9 Å². The molecule has 21 heteroatoms. The highest BCUT2D eigenvalue weighted by atomic mass is 19.4. The normalized spacial score (nSPS) is 18.7. The fourth-order valence-electron chi connectivity index (χ4n) is 10.2. The molecule has 2 heterocycles. The van der Waals surface area contributed by atoms with Crippen molar-refractivity contribution in [2.75, 3.05) is 53.4 Å². The van der Waals surface area contributed by atoms with Crippen molar-refractivity contribution in [2.45, 2.75) is 139 Å². The SMILES string of the molecule is CN[C@@H](C)C(=O)NC(CCCNC(=O)c1ccc(C(=O)NCCC[C@H](NC(=O)[C@H](C)NC)C(=O)N2CCC[C@H]2C(=O)N[C@@H]2CCCc3ccccc32)cc1)C(=O)N1CCC[C@H]1CN(CCc1ccccc1)C(=O)C(F)(F)F. The van der Waals surface area contributed by atoms with Gasteiger partial charge in [-0.3, -0.25) is 38.4 Å². The Morgan fingerprint density at radius 1 is 0.662 bits per heavy atom. The minimum absolute atomic E-state index is 0.0886. The van der Waals surface area contributed by atoms with E-state index in [9.17, 15) is 51.5 Å². The number of fused-ring (bicyclic) bond motifs is 1. The van der Waals surface area contributed by atoms with Crippen molar-refractivity contribution in [3.8, 4) is 0 Å². The second kappa shape index (κ2) is 28.5. The molecule has 7 atom stereocenters. The van der Waals surface area contributed by atoms with Crippen molar-refractivity contribution < 1.29 is 51.5 Å². The zero-order valence-electron chi connectivity index (χ0n) is 44.5. The molecule has 0 spiro atoms. The number of alkyl halides is 3. The van der Waals surface area contributed by atoms with Gasteiger partial charge in [0.1, 0.15) is 18.1 Å². The number of nitrogens with zero attached hydrogens (tertiary/aromatic N) is 3. The van der Waals surface area contributed by atoms with Crippen LogP contribution in [-0.4, -0.2) is 158 Å². The summed E-state index contributed by atoms with van der Waals surface area (Å²) in [7, 11) is 3.22. The number of carbonyl (C=O) groups excluding carboxylic acids is 8. The molecule has 418 valence electrons. The van der Waals surface area contributed by atoms with E-state index in [1.165, 1.54) is 34.7 Å². The Balaban J connectivity index is 0.990. The van der Waals surface area contributed by atoms with E-state index in [2.05, 4.69) is 43.3 Å². The maximum Gasteiger partial charge on any atom is 0.471 e. The van der Waals surface area contributed by atoms with Gasteiger partial charge in [0.15, 0.2) is 0 Å². The number of halogens is 3. The lowest BCUT2D eigenvalue weighted by Crippen LogP contribution is -2.55. The first-order chi connectivity index (χ1) is 36.9. The number of hydrogen-bond donors (Lipinski definition) is 7. The fourth-order valence-corrected chi connectivity index (χ4v) is 10.2. The second-order valence-corrected chi connectivity index (χ2v) is 20.2. The number of likely N-dealkylation sites (tertiary alicyclic amines) is 2. The van der Waals surface area contributed by atoms with Crippen molar-refractivity contribution in [1.29, 1.82) is 0 Å². The minimum Gasteiger partial charge on any atom is -0.352 e. The van der Waals surface area contributed by atoms with Gasteiger partial charge in [-0.15, -0.1) is 0 Å². The predicted octanol–water partition coefficient (Wildman–Crippen LogP) is 3.70. The average molecular weight is 1070 g/mol. The van der Waals surface area contributed by atoms with Crippen LogP contribution < -0.4 is 37.2 Å². The summed E-state index contributed by atoms with van der Waals surface area (Å²) in [6.07, 6.45) is 0.608. The Labute approximate surface area is 448 Å². The van der Waals surface area contributed by atoms with Gasteiger partial charge in [-0.25, -0.2) is 0 Å². The molecule has 3 aromatic carbocycles. The molecular weight excluding hydrogens is 998 g/mol. The third kappa shape index (κ3) is 16.6. The zero-order chi connectivity index (χ0) is 55.6. The van der Waals surface area contributed by atoms with Gasteiger partial charge >= 0.3 is 12.1 Å². The van der Waals surface area contributed by atoms with E-state index in [0.29, 0.717) is 38.6 Å². The lowest BCUT2D eigenvalue weighted by molar-refractivity contribution is -0.186. The van der Waals surface area contributed by atoms with Crippen LogP contribution >= 0.6 is 0 Å². The summed E-state index contributed by atoms with van der Waals surface area (Å²) >= 11 is 0. The monoisotopic (exact) mass is 1070 g/mol. The van der Waals surface area contributed by atoms with E-state index < -0.39 is 72.0 Å². The van der Waals surface area contributed by atoms with E-state index in [-0.39, 0.29) is 93.3 Å². The fraction of sp³-hybridized carbons (Fsp3) is 0.536. The predicted molar refractivity (Wildman–Crippen MR) is 283 cm³/mol. The highest BCUT2D eigenvalue weighted by molar-refractivity contribution is 5.98. The van der Waals surface area contributed by atoms with E-state index in [1.807, 2.05) is 18.2 Å². The summed E-state index contributed by atoms with van der Waals surface area (Å²) in [6, 6.07) is 18.0. The molecule has 1 unspecified atom stereocenters. The second-order valence-electron chi connectivity index (χ2n) is 20.2. The molecule has 0 bridgehead atoms. The van der Waals surface area contributed by atoms with Gasteiger partial charge in [0.05, 0.1) is 18.1 Å². The maximum atomic E-state index is 14.1. The first-order valence-corrected chi connectivity index (χ1v) is 26.9. The van der Waals surface area contributed by atoms with Crippen LogP contribution in [0.3, 0.4) is 0 Å². The molecule has 2 fully saturated rings. The highest BCUT2D eigenvalue weighted by Gasteiger charge is 2.45. The summed E-state index contributed by atoms with van der Waals surface area (Å²) in [5.74, 6) is -4.79. The number of rotatable bonds is 25. The largest absolute Gasteiger partial charge is 0.471 e. The molecule has 77 heavy (non-hydrogen) atoms. The molecule has 3 aliphatic rings. The molecule has 2 aliphatic heterocycles. The van der Waals surface area contributed by atoms with Crippen molar-refractivity contribution in [1.82, 2.24) is 51.9 Å². The van der Waals surface area contributed by atoms with Gasteiger partial charge in [0.2, 0.25) is 29.5 Å². The molecular formula is C56H75F3N10O8. The number of hydrogen-bond acceptors (Lipinski definition) is 10. The van der Waals surface area contributed by atoms with Crippen LogP contribution in [0.1, 0.15) is 122 Å². The maximum absolute atomic E-state index is 14.1.